The summed E-state index contributed by atoms with van der Waals surface area (Å²) in [4.78, 5) is 13.7. The maximum atomic E-state index is 12.2. The molecule has 4 rings (SSSR count). The van der Waals surface area contributed by atoms with Crippen LogP contribution in [0.15, 0.2) is 72.8 Å². The lowest BCUT2D eigenvalue weighted by Gasteiger charge is -2.08. The smallest absolute Gasteiger partial charge is 0.220 e. The van der Waals surface area contributed by atoms with E-state index in [1.165, 1.54) is 10.8 Å². The van der Waals surface area contributed by atoms with Gasteiger partial charge < -0.3 is 5.32 Å². The van der Waals surface area contributed by atoms with Gasteiger partial charge in [-0.15, -0.1) is 10.2 Å². The summed E-state index contributed by atoms with van der Waals surface area (Å²) >= 11 is 0. The van der Waals surface area contributed by atoms with Gasteiger partial charge in [-0.2, -0.15) is 4.80 Å². The monoisotopic (exact) mass is 371 g/mol. The van der Waals surface area contributed by atoms with E-state index >= 15 is 0 Å². The lowest BCUT2D eigenvalue weighted by molar-refractivity contribution is -0.121. The van der Waals surface area contributed by atoms with Gasteiger partial charge in [0.1, 0.15) is 0 Å². The molecule has 0 unspecified atom stereocenters. The van der Waals surface area contributed by atoms with Gasteiger partial charge in [0.25, 0.3) is 0 Å². The molecule has 0 atom stereocenters. The van der Waals surface area contributed by atoms with Crippen molar-refractivity contribution in [2.45, 2.75) is 25.9 Å². The number of amides is 1. The highest BCUT2D eigenvalue weighted by atomic mass is 16.1. The number of aryl methyl sites for hydroxylation is 1. The molecule has 3 aromatic carbocycles. The van der Waals surface area contributed by atoms with E-state index in [1.54, 1.807) is 4.80 Å². The molecule has 0 aliphatic heterocycles. The van der Waals surface area contributed by atoms with Crippen molar-refractivity contribution in [2.75, 3.05) is 0 Å². The molecule has 0 aliphatic rings. The van der Waals surface area contributed by atoms with E-state index in [0.29, 0.717) is 31.8 Å². The van der Waals surface area contributed by atoms with Crippen molar-refractivity contribution in [2.24, 2.45) is 0 Å². The number of carbonyl (C=O) groups excluding carboxylic acids is 1. The molecule has 1 amide bonds. The molecule has 0 saturated heterocycles. The van der Waals surface area contributed by atoms with Crippen molar-refractivity contribution in [3.8, 4) is 11.4 Å². The highest BCUT2D eigenvalue weighted by Gasteiger charge is 2.07. The second-order valence-corrected chi connectivity index (χ2v) is 6.59. The number of nitrogens with zero attached hydrogens (tertiary/aromatic N) is 4. The van der Waals surface area contributed by atoms with E-state index in [-0.39, 0.29) is 5.91 Å². The first-order valence-corrected chi connectivity index (χ1v) is 9.36. The summed E-state index contributed by atoms with van der Waals surface area (Å²) < 4.78 is 0. The van der Waals surface area contributed by atoms with Gasteiger partial charge in [-0.05, 0) is 28.0 Å². The Hall–Kier alpha value is -3.54. The molecule has 0 fully saturated rings. The minimum absolute atomic E-state index is 0.0244. The normalized spacial score (nSPS) is 10.9. The predicted octanol–water partition coefficient (Wildman–Crippen LogP) is 3.59. The fourth-order valence-electron chi connectivity index (χ4n) is 3.15. The van der Waals surface area contributed by atoms with Crippen LogP contribution >= 0.6 is 0 Å². The maximum absolute atomic E-state index is 12.2. The van der Waals surface area contributed by atoms with Gasteiger partial charge in [0.15, 0.2) is 0 Å². The molecule has 140 valence electrons. The van der Waals surface area contributed by atoms with Crippen LogP contribution in [0.4, 0.5) is 0 Å². The highest BCUT2D eigenvalue weighted by Crippen LogP contribution is 2.18. The largest absolute Gasteiger partial charge is 0.352 e. The van der Waals surface area contributed by atoms with Gasteiger partial charge in [-0.1, -0.05) is 72.8 Å². The summed E-state index contributed by atoms with van der Waals surface area (Å²) in [5, 5.41) is 17.9. The highest BCUT2D eigenvalue weighted by molar-refractivity contribution is 5.86. The van der Waals surface area contributed by atoms with E-state index in [2.05, 4.69) is 38.9 Å². The third-order valence-electron chi connectivity index (χ3n) is 4.60. The van der Waals surface area contributed by atoms with Crippen LogP contribution in [0.3, 0.4) is 0 Å². The summed E-state index contributed by atoms with van der Waals surface area (Å²) in [7, 11) is 0. The topological polar surface area (TPSA) is 72.7 Å². The van der Waals surface area contributed by atoms with Crippen LogP contribution in [0.5, 0.6) is 0 Å². The Bertz CT molecular complexity index is 1070. The second-order valence-electron chi connectivity index (χ2n) is 6.59. The number of fused-ring (bicyclic) bond motifs is 1. The van der Waals surface area contributed by atoms with E-state index in [0.717, 1.165) is 11.1 Å². The molecule has 0 aliphatic carbocycles. The van der Waals surface area contributed by atoms with Crippen molar-refractivity contribution in [3.63, 3.8) is 0 Å². The zero-order valence-electron chi connectivity index (χ0n) is 15.5. The Morgan fingerprint density at radius 2 is 1.71 bits per heavy atom. The average molecular weight is 371 g/mol. The molecule has 1 N–H and O–H groups in total. The molecular weight excluding hydrogens is 350 g/mol. The number of nitrogens with one attached hydrogen (secondary N) is 1. The summed E-state index contributed by atoms with van der Waals surface area (Å²) in [6, 6.07) is 24.1. The summed E-state index contributed by atoms with van der Waals surface area (Å²) in [5.41, 5.74) is 2.05. The van der Waals surface area contributed by atoms with Crippen LogP contribution in [-0.2, 0) is 17.9 Å². The van der Waals surface area contributed by atoms with Crippen LogP contribution in [-0.4, -0.2) is 26.1 Å². The first-order chi connectivity index (χ1) is 13.8. The minimum Gasteiger partial charge on any atom is -0.352 e. The Morgan fingerprint density at radius 1 is 0.929 bits per heavy atom. The zero-order chi connectivity index (χ0) is 19.2. The molecule has 6 heteroatoms. The third kappa shape index (κ3) is 4.23. The fourth-order valence-corrected chi connectivity index (χ4v) is 3.15. The first kappa shape index (κ1) is 17.9. The number of aromatic nitrogens is 4. The first-order valence-electron chi connectivity index (χ1n) is 9.36. The number of benzene rings is 3. The Kier molecular flexibility index (Phi) is 5.38. The quantitative estimate of drug-likeness (QED) is 0.539. The third-order valence-corrected chi connectivity index (χ3v) is 4.60. The molecule has 1 heterocycles. The molecule has 4 aromatic rings. The number of carbonyl (C=O) groups is 1. The number of hydrogen-bond donors (Lipinski definition) is 1. The number of hydrogen-bond acceptors (Lipinski definition) is 4. The Balaban J connectivity index is 1.27. The maximum Gasteiger partial charge on any atom is 0.220 e. The van der Waals surface area contributed by atoms with Gasteiger partial charge >= 0.3 is 0 Å². The molecule has 0 saturated carbocycles. The summed E-state index contributed by atoms with van der Waals surface area (Å²) in [5.74, 6) is 0.623. The lowest BCUT2D eigenvalue weighted by Crippen LogP contribution is -2.23. The van der Waals surface area contributed by atoms with Crippen LogP contribution in [0.25, 0.3) is 22.2 Å². The predicted molar refractivity (Wildman–Crippen MR) is 108 cm³/mol. The summed E-state index contributed by atoms with van der Waals surface area (Å²) in [6.45, 7) is 1.08. The molecule has 0 spiro atoms. The molecule has 6 nitrogen and oxygen atoms in total. The molecular formula is C22H21N5O. The molecule has 0 radical (unpaired) electrons. The SMILES string of the molecule is O=C(CCCn1nnc(-c2ccccc2)n1)NCc1cccc2ccccc12. The Labute approximate surface area is 163 Å². The number of rotatable bonds is 7. The minimum atomic E-state index is 0.0244. The van der Waals surface area contributed by atoms with Gasteiger partial charge in [0, 0.05) is 18.5 Å². The number of tetrazole rings is 1. The van der Waals surface area contributed by atoms with E-state index < -0.39 is 0 Å². The Morgan fingerprint density at radius 3 is 2.61 bits per heavy atom. The van der Waals surface area contributed by atoms with Gasteiger partial charge in [0.05, 0.1) is 6.54 Å². The summed E-state index contributed by atoms with van der Waals surface area (Å²) in [6.07, 6.45) is 1.08. The lowest BCUT2D eigenvalue weighted by atomic mass is 10.0. The van der Waals surface area contributed by atoms with Gasteiger partial charge in [-0.25, -0.2) is 0 Å². The van der Waals surface area contributed by atoms with E-state index in [4.69, 9.17) is 0 Å². The molecule has 1 aromatic heterocycles. The molecule has 0 bridgehead atoms. The van der Waals surface area contributed by atoms with Gasteiger partial charge in [0.2, 0.25) is 11.7 Å². The van der Waals surface area contributed by atoms with Crippen LogP contribution in [0.2, 0.25) is 0 Å². The van der Waals surface area contributed by atoms with Crippen molar-refractivity contribution in [3.05, 3.63) is 78.4 Å². The van der Waals surface area contributed by atoms with Crippen LogP contribution < -0.4 is 5.32 Å². The standard InChI is InChI=1S/C22H21N5O/c28-21(23-16-19-12-6-11-17-8-4-5-13-20(17)19)14-7-15-27-25-22(24-26-27)18-9-2-1-3-10-18/h1-6,8-13H,7,14-16H2,(H,23,28). The van der Waals surface area contributed by atoms with Crippen LogP contribution in [0, 0.1) is 0 Å². The van der Waals surface area contributed by atoms with Gasteiger partial charge in [-0.3, -0.25) is 4.79 Å². The van der Waals surface area contributed by atoms with Crippen molar-refractivity contribution in [1.82, 2.24) is 25.5 Å². The van der Waals surface area contributed by atoms with Crippen LogP contribution in [0.1, 0.15) is 18.4 Å². The van der Waals surface area contributed by atoms with Crippen molar-refractivity contribution in [1.29, 1.82) is 0 Å². The second kappa shape index (κ2) is 8.43. The van der Waals surface area contributed by atoms with Crippen molar-refractivity contribution >= 4 is 16.7 Å². The zero-order valence-corrected chi connectivity index (χ0v) is 15.5. The molecule has 28 heavy (non-hydrogen) atoms. The van der Waals surface area contributed by atoms with E-state index in [9.17, 15) is 4.79 Å². The van der Waals surface area contributed by atoms with E-state index in [1.807, 2.05) is 54.6 Å². The fraction of sp³-hybridized carbons (Fsp3) is 0.182. The average Bonchev–Trinajstić information content (AvgIpc) is 3.22. The van der Waals surface area contributed by atoms with Crippen molar-refractivity contribution < 1.29 is 4.79 Å².